The number of aromatic hydroxyl groups is 1. The highest BCUT2D eigenvalue weighted by molar-refractivity contribution is 5.92. The highest BCUT2D eigenvalue weighted by Crippen LogP contribution is 2.40. The van der Waals surface area contributed by atoms with Crippen LogP contribution in [-0.2, 0) is 14.3 Å². The van der Waals surface area contributed by atoms with Crippen molar-refractivity contribution in [2.45, 2.75) is 46.5 Å². The number of carbonyl (C=O) groups excluding carboxylic acids is 2. The summed E-state index contributed by atoms with van der Waals surface area (Å²) in [6, 6.07) is 6.14. The van der Waals surface area contributed by atoms with Crippen molar-refractivity contribution in [2.75, 3.05) is 11.9 Å². The maximum atomic E-state index is 12.1. The molecule has 1 aromatic carbocycles. The van der Waals surface area contributed by atoms with Crippen LogP contribution in [0.25, 0.3) is 0 Å². The maximum Gasteiger partial charge on any atom is 0.309 e. The second-order valence-electron chi connectivity index (χ2n) is 7.62. The Hall–Kier alpha value is -2.04. The lowest BCUT2D eigenvalue weighted by Gasteiger charge is -2.36. The van der Waals surface area contributed by atoms with E-state index in [0.29, 0.717) is 11.6 Å². The quantitative estimate of drug-likeness (QED) is 0.650. The molecule has 1 aromatic rings. The van der Waals surface area contributed by atoms with Crippen LogP contribution in [0.1, 0.15) is 46.5 Å². The lowest BCUT2D eigenvalue weighted by molar-refractivity contribution is -0.153. The second-order valence-corrected chi connectivity index (χ2v) is 7.62. The van der Waals surface area contributed by atoms with Crippen LogP contribution in [0.2, 0.25) is 0 Å². The number of carbonyl (C=O) groups is 2. The van der Waals surface area contributed by atoms with E-state index in [1.54, 1.807) is 12.1 Å². The minimum Gasteiger partial charge on any atom is -0.508 e. The van der Waals surface area contributed by atoms with E-state index >= 15 is 0 Å². The fourth-order valence-corrected chi connectivity index (χ4v) is 3.19. The van der Waals surface area contributed by atoms with Gasteiger partial charge >= 0.3 is 5.97 Å². The Morgan fingerprint density at radius 2 is 1.71 bits per heavy atom. The second kappa shape index (κ2) is 7.69. The van der Waals surface area contributed by atoms with Gasteiger partial charge in [0.15, 0.2) is 6.61 Å². The molecule has 0 heterocycles. The molecular weight excluding hydrogens is 306 g/mol. The third-order valence-corrected chi connectivity index (χ3v) is 4.78. The Labute approximate surface area is 143 Å². The van der Waals surface area contributed by atoms with Crippen LogP contribution >= 0.6 is 0 Å². The molecule has 0 radical (unpaired) electrons. The summed E-state index contributed by atoms with van der Waals surface area (Å²) in [5.74, 6) is 0.0235. The number of amides is 1. The first-order valence-electron chi connectivity index (χ1n) is 8.51. The van der Waals surface area contributed by atoms with Gasteiger partial charge in [-0.1, -0.05) is 20.8 Å². The van der Waals surface area contributed by atoms with Gasteiger partial charge in [-0.2, -0.15) is 0 Å². The number of anilines is 1. The summed E-state index contributed by atoms with van der Waals surface area (Å²) in [4.78, 5) is 23.9. The van der Waals surface area contributed by atoms with Gasteiger partial charge in [0.1, 0.15) is 5.75 Å². The van der Waals surface area contributed by atoms with Gasteiger partial charge in [-0.05, 0) is 61.3 Å². The molecule has 5 nitrogen and oxygen atoms in total. The molecule has 1 saturated carbocycles. The summed E-state index contributed by atoms with van der Waals surface area (Å²) < 4.78 is 5.16. The number of phenolic OH excluding ortho intramolecular Hbond substituents is 1. The van der Waals surface area contributed by atoms with Crippen LogP contribution in [0.4, 0.5) is 5.69 Å². The maximum absolute atomic E-state index is 12.1. The van der Waals surface area contributed by atoms with Crippen LogP contribution in [0.3, 0.4) is 0 Å². The molecule has 24 heavy (non-hydrogen) atoms. The summed E-state index contributed by atoms with van der Waals surface area (Å²) in [5.41, 5.74) is 0.832. The molecule has 1 amide bonds. The molecule has 1 fully saturated rings. The van der Waals surface area contributed by atoms with Crippen molar-refractivity contribution in [3.05, 3.63) is 24.3 Å². The molecule has 5 heteroatoms. The molecule has 2 N–H and O–H groups in total. The zero-order valence-electron chi connectivity index (χ0n) is 14.7. The number of hydrogen-bond donors (Lipinski definition) is 2. The van der Waals surface area contributed by atoms with Gasteiger partial charge in [-0.3, -0.25) is 9.59 Å². The fourth-order valence-electron chi connectivity index (χ4n) is 3.19. The first-order chi connectivity index (χ1) is 11.3. The lowest BCUT2D eigenvalue weighted by atomic mass is 9.70. The monoisotopic (exact) mass is 333 g/mol. The number of hydrogen-bond acceptors (Lipinski definition) is 4. The summed E-state index contributed by atoms with van der Waals surface area (Å²) in [5, 5.41) is 11.8. The molecule has 0 saturated heterocycles. The molecule has 1 aliphatic carbocycles. The third-order valence-electron chi connectivity index (χ3n) is 4.78. The van der Waals surface area contributed by atoms with E-state index in [1.165, 1.54) is 12.1 Å². The Balaban J connectivity index is 1.73. The van der Waals surface area contributed by atoms with Crippen molar-refractivity contribution in [1.29, 1.82) is 0 Å². The topological polar surface area (TPSA) is 75.6 Å². The number of nitrogens with one attached hydrogen (secondary N) is 1. The van der Waals surface area contributed by atoms with Gasteiger partial charge in [-0.25, -0.2) is 0 Å². The minimum atomic E-state index is -0.377. The minimum absolute atomic E-state index is 0.0925. The first kappa shape index (κ1) is 18.3. The zero-order valence-corrected chi connectivity index (χ0v) is 14.7. The van der Waals surface area contributed by atoms with Crippen molar-refractivity contribution < 1.29 is 19.4 Å². The van der Waals surface area contributed by atoms with Crippen molar-refractivity contribution >= 4 is 17.6 Å². The molecule has 0 aliphatic heterocycles. The number of benzene rings is 1. The molecule has 1 aliphatic rings. The lowest BCUT2D eigenvalue weighted by Crippen LogP contribution is -2.31. The van der Waals surface area contributed by atoms with Crippen LogP contribution in [0.15, 0.2) is 24.3 Å². The Morgan fingerprint density at radius 1 is 1.12 bits per heavy atom. The predicted octanol–water partition coefficient (Wildman–Crippen LogP) is 3.73. The Bertz CT molecular complexity index is 566. The summed E-state index contributed by atoms with van der Waals surface area (Å²) in [6.07, 6.45) is 3.73. The molecule has 0 aromatic heterocycles. The van der Waals surface area contributed by atoms with Crippen molar-refractivity contribution in [3.63, 3.8) is 0 Å². The van der Waals surface area contributed by atoms with Gasteiger partial charge in [0.2, 0.25) is 0 Å². The SMILES string of the molecule is CC(C)(C)C1CCC(C(=O)OCC(=O)Nc2ccc(O)cc2)CC1. The van der Waals surface area contributed by atoms with E-state index in [4.69, 9.17) is 4.74 Å². The van der Waals surface area contributed by atoms with E-state index in [-0.39, 0.29) is 35.6 Å². The van der Waals surface area contributed by atoms with Crippen LogP contribution in [0.5, 0.6) is 5.75 Å². The van der Waals surface area contributed by atoms with Crippen LogP contribution in [0, 0.1) is 17.3 Å². The normalized spacial score (nSPS) is 21.1. The van der Waals surface area contributed by atoms with Crippen molar-refractivity contribution in [1.82, 2.24) is 0 Å². The summed E-state index contributed by atoms with van der Waals surface area (Å²) in [6.45, 7) is 6.44. The highest BCUT2D eigenvalue weighted by Gasteiger charge is 2.33. The molecule has 0 unspecified atom stereocenters. The number of esters is 1. The fraction of sp³-hybridized carbons (Fsp3) is 0.579. The summed E-state index contributed by atoms with van der Waals surface area (Å²) >= 11 is 0. The largest absolute Gasteiger partial charge is 0.508 e. The smallest absolute Gasteiger partial charge is 0.309 e. The highest BCUT2D eigenvalue weighted by atomic mass is 16.5. The van der Waals surface area contributed by atoms with Gasteiger partial charge in [0.05, 0.1) is 5.92 Å². The van der Waals surface area contributed by atoms with E-state index in [0.717, 1.165) is 25.7 Å². The third kappa shape index (κ3) is 5.25. The van der Waals surface area contributed by atoms with Gasteiger partial charge in [-0.15, -0.1) is 0 Å². The van der Waals surface area contributed by atoms with E-state index in [9.17, 15) is 14.7 Å². The van der Waals surface area contributed by atoms with Crippen molar-refractivity contribution in [3.8, 4) is 5.75 Å². The number of phenols is 1. The average Bonchev–Trinajstić information content (AvgIpc) is 2.54. The zero-order chi connectivity index (χ0) is 17.7. The van der Waals surface area contributed by atoms with Gasteiger partial charge in [0.25, 0.3) is 5.91 Å². The van der Waals surface area contributed by atoms with Gasteiger partial charge < -0.3 is 15.2 Å². The first-order valence-corrected chi connectivity index (χ1v) is 8.51. The molecule has 0 atom stereocenters. The standard InChI is InChI=1S/C19H27NO4/c1-19(2,3)14-6-4-13(5-7-14)18(23)24-12-17(22)20-15-8-10-16(21)11-9-15/h8-11,13-14,21H,4-7,12H2,1-3H3,(H,20,22). The number of ether oxygens (including phenoxy) is 1. The Kier molecular flexibility index (Phi) is 5.86. The predicted molar refractivity (Wildman–Crippen MR) is 92.6 cm³/mol. The van der Waals surface area contributed by atoms with E-state index in [1.807, 2.05) is 0 Å². The molecule has 2 rings (SSSR count). The molecule has 0 bridgehead atoms. The van der Waals surface area contributed by atoms with Gasteiger partial charge in [0, 0.05) is 5.69 Å². The molecular formula is C19H27NO4. The summed E-state index contributed by atoms with van der Waals surface area (Å²) in [7, 11) is 0. The van der Waals surface area contributed by atoms with Crippen LogP contribution < -0.4 is 5.32 Å². The average molecular weight is 333 g/mol. The van der Waals surface area contributed by atoms with E-state index < -0.39 is 0 Å². The van der Waals surface area contributed by atoms with E-state index in [2.05, 4.69) is 26.1 Å². The molecule has 132 valence electrons. The Morgan fingerprint density at radius 3 is 2.25 bits per heavy atom. The van der Waals surface area contributed by atoms with Crippen LogP contribution in [-0.4, -0.2) is 23.6 Å². The number of rotatable bonds is 4. The molecule has 0 spiro atoms. The van der Waals surface area contributed by atoms with Crippen molar-refractivity contribution in [2.24, 2.45) is 17.3 Å².